The topological polar surface area (TPSA) is 118 Å². The van der Waals surface area contributed by atoms with Gasteiger partial charge in [0, 0.05) is 32.2 Å². The SMILES string of the molecule is COc1ccc(S(=O)(=O)N2C[C@H](O)COC[C@@H]3O[C@H](CC(=O)N[C@@H]4CCN(Cc5ccccc5)C4)CC[C@H]32)cc1. The number of methoxy groups -OCH3 is 1. The van der Waals surface area contributed by atoms with Crippen molar-refractivity contribution in [3.05, 3.63) is 60.2 Å². The number of nitrogens with one attached hydrogen (secondary N) is 1. The van der Waals surface area contributed by atoms with Crippen LogP contribution in [0.5, 0.6) is 5.75 Å². The average Bonchev–Trinajstić information content (AvgIpc) is 3.37. The number of benzene rings is 2. The molecule has 3 fully saturated rings. The van der Waals surface area contributed by atoms with Crippen LogP contribution in [0.2, 0.25) is 0 Å². The van der Waals surface area contributed by atoms with Gasteiger partial charge >= 0.3 is 0 Å². The van der Waals surface area contributed by atoms with E-state index in [0.717, 1.165) is 26.1 Å². The molecular weight excluding hydrogens is 534 g/mol. The van der Waals surface area contributed by atoms with Gasteiger partial charge in [-0.05, 0) is 49.1 Å². The van der Waals surface area contributed by atoms with E-state index in [1.54, 1.807) is 12.1 Å². The maximum absolute atomic E-state index is 13.7. The van der Waals surface area contributed by atoms with E-state index in [4.69, 9.17) is 14.2 Å². The molecule has 2 aromatic rings. The lowest BCUT2D eigenvalue weighted by Crippen LogP contribution is -2.57. The van der Waals surface area contributed by atoms with Gasteiger partial charge in [-0.2, -0.15) is 4.31 Å². The Labute approximate surface area is 236 Å². The number of aliphatic hydroxyl groups excluding tert-OH is 1. The molecular formula is C29H39N3O7S. The summed E-state index contributed by atoms with van der Waals surface area (Å²) < 4.78 is 45.8. The van der Waals surface area contributed by atoms with Crippen LogP contribution in [0.4, 0.5) is 0 Å². The molecule has 0 radical (unpaired) electrons. The number of rotatable bonds is 8. The third kappa shape index (κ3) is 7.02. The number of likely N-dealkylation sites (tertiary alicyclic amines) is 1. The smallest absolute Gasteiger partial charge is 0.243 e. The number of nitrogens with zero attached hydrogens (tertiary/aromatic N) is 2. The van der Waals surface area contributed by atoms with E-state index in [9.17, 15) is 18.3 Å². The number of β-amino-alcohol motifs (C(OH)–C–C–N with tert-alkyl or cyclic N) is 1. The number of carbonyl (C=O) groups excluding carboxylic acids is 1. The lowest BCUT2D eigenvalue weighted by atomic mass is 9.96. The highest BCUT2D eigenvalue weighted by Gasteiger charge is 2.43. The maximum atomic E-state index is 13.7. The number of amides is 1. The third-order valence-corrected chi connectivity index (χ3v) is 9.80. The van der Waals surface area contributed by atoms with Gasteiger partial charge < -0.3 is 24.6 Å². The van der Waals surface area contributed by atoms with Crippen molar-refractivity contribution in [1.29, 1.82) is 0 Å². The van der Waals surface area contributed by atoms with Gasteiger partial charge in [-0.25, -0.2) is 8.42 Å². The Kier molecular flexibility index (Phi) is 9.39. The number of hydrogen-bond donors (Lipinski definition) is 2. The minimum atomic E-state index is -3.92. The van der Waals surface area contributed by atoms with Gasteiger partial charge in [0.15, 0.2) is 0 Å². The molecule has 3 aliphatic heterocycles. The van der Waals surface area contributed by atoms with Crippen LogP contribution >= 0.6 is 0 Å². The summed E-state index contributed by atoms with van der Waals surface area (Å²) >= 11 is 0. The van der Waals surface area contributed by atoms with Crippen LogP contribution < -0.4 is 10.1 Å². The van der Waals surface area contributed by atoms with E-state index < -0.39 is 28.3 Å². The van der Waals surface area contributed by atoms with Gasteiger partial charge in [0.2, 0.25) is 15.9 Å². The Balaban J connectivity index is 1.18. The molecule has 3 saturated heterocycles. The zero-order valence-corrected chi connectivity index (χ0v) is 23.7. The summed E-state index contributed by atoms with van der Waals surface area (Å²) in [5.41, 5.74) is 1.26. The monoisotopic (exact) mass is 573 g/mol. The Morgan fingerprint density at radius 2 is 1.82 bits per heavy atom. The summed E-state index contributed by atoms with van der Waals surface area (Å²) in [4.78, 5) is 15.4. The molecule has 0 bridgehead atoms. The molecule has 2 aromatic carbocycles. The number of aliphatic hydroxyl groups is 1. The zero-order valence-electron chi connectivity index (χ0n) is 22.9. The third-order valence-electron chi connectivity index (χ3n) is 7.90. The molecule has 218 valence electrons. The van der Waals surface area contributed by atoms with Crippen molar-refractivity contribution >= 4 is 15.9 Å². The fourth-order valence-electron chi connectivity index (χ4n) is 5.88. The van der Waals surface area contributed by atoms with E-state index in [0.29, 0.717) is 18.6 Å². The Morgan fingerprint density at radius 1 is 1.05 bits per heavy atom. The number of fused-ring (bicyclic) bond motifs is 1. The molecule has 0 saturated carbocycles. The molecule has 0 unspecified atom stereocenters. The van der Waals surface area contributed by atoms with Crippen molar-refractivity contribution in [2.24, 2.45) is 0 Å². The average molecular weight is 574 g/mol. The number of hydrogen-bond acceptors (Lipinski definition) is 8. The van der Waals surface area contributed by atoms with Crippen LogP contribution in [0.25, 0.3) is 0 Å². The van der Waals surface area contributed by atoms with Crippen LogP contribution in [0.15, 0.2) is 59.5 Å². The van der Waals surface area contributed by atoms with Gasteiger partial charge in [-0.3, -0.25) is 9.69 Å². The Hall–Kier alpha value is -2.54. The highest BCUT2D eigenvalue weighted by Crippen LogP contribution is 2.32. The Bertz CT molecular complexity index is 1230. The summed E-state index contributed by atoms with van der Waals surface area (Å²) in [5, 5.41) is 13.6. The molecule has 5 rings (SSSR count). The largest absolute Gasteiger partial charge is 0.497 e. The first-order valence-corrected chi connectivity index (χ1v) is 15.4. The van der Waals surface area contributed by atoms with Crippen LogP contribution in [-0.2, 0) is 30.8 Å². The number of carbonyl (C=O) groups is 1. The second-order valence-corrected chi connectivity index (χ2v) is 12.8. The van der Waals surface area contributed by atoms with Gasteiger partial charge in [-0.1, -0.05) is 30.3 Å². The van der Waals surface area contributed by atoms with Crippen LogP contribution in [-0.4, -0.2) is 99.0 Å². The maximum Gasteiger partial charge on any atom is 0.243 e. The lowest BCUT2D eigenvalue weighted by molar-refractivity contribution is -0.146. The highest BCUT2D eigenvalue weighted by atomic mass is 32.2. The second kappa shape index (κ2) is 13.0. The molecule has 10 nitrogen and oxygen atoms in total. The molecule has 0 spiro atoms. The normalized spacial score (nSPS) is 28.3. The van der Waals surface area contributed by atoms with E-state index in [2.05, 4.69) is 22.3 Å². The van der Waals surface area contributed by atoms with Crippen LogP contribution in [0.3, 0.4) is 0 Å². The first kappa shape index (κ1) is 29.0. The highest BCUT2D eigenvalue weighted by molar-refractivity contribution is 7.89. The molecule has 11 heteroatoms. The summed E-state index contributed by atoms with van der Waals surface area (Å²) in [6.45, 7) is 2.67. The van der Waals surface area contributed by atoms with E-state index in [1.165, 1.54) is 29.1 Å². The molecule has 3 heterocycles. The molecule has 2 N–H and O–H groups in total. The summed E-state index contributed by atoms with van der Waals surface area (Å²) in [5.74, 6) is 0.501. The van der Waals surface area contributed by atoms with E-state index >= 15 is 0 Å². The standard InChI is InChI=1S/C29H39N3O7S/c1-37-24-7-10-26(11-8-24)40(35,36)32-18-23(33)19-38-20-28-27(32)12-9-25(39-28)15-29(34)30-22-13-14-31(17-22)16-21-5-3-2-4-6-21/h2-8,10-11,22-23,25,27-28,33H,9,12-20H2,1H3,(H,30,34)/t22-,23+,25+,27-,28+/m1/s1. The van der Waals surface area contributed by atoms with Crippen molar-refractivity contribution in [3.8, 4) is 5.75 Å². The number of sulfonamides is 1. The first-order valence-electron chi connectivity index (χ1n) is 13.9. The van der Waals surface area contributed by atoms with Crippen molar-refractivity contribution in [2.45, 2.75) is 67.5 Å². The lowest BCUT2D eigenvalue weighted by Gasteiger charge is -2.43. The zero-order chi connectivity index (χ0) is 28.1. The van der Waals surface area contributed by atoms with E-state index in [1.807, 2.05) is 18.2 Å². The van der Waals surface area contributed by atoms with Crippen molar-refractivity contribution in [1.82, 2.24) is 14.5 Å². The minimum Gasteiger partial charge on any atom is -0.497 e. The first-order chi connectivity index (χ1) is 19.3. The number of ether oxygens (including phenoxy) is 3. The van der Waals surface area contributed by atoms with E-state index in [-0.39, 0.29) is 49.1 Å². The van der Waals surface area contributed by atoms with Gasteiger partial charge in [0.1, 0.15) is 5.75 Å². The fourth-order valence-corrected chi connectivity index (χ4v) is 7.60. The molecule has 40 heavy (non-hydrogen) atoms. The molecule has 0 aliphatic carbocycles. The summed E-state index contributed by atoms with van der Waals surface area (Å²) in [6.07, 6.45) is 0.328. The second-order valence-electron chi connectivity index (χ2n) is 10.9. The predicted octanol–water partition coefficient (Wildman–Crippen LogP) is 1.77. The molecule has 0 aromatic heterocycles. The predicted molar refractivity (Wildman–Crippen MR) is 148 cm³/mol. The van der Waals surface area contributed by atoms with Crippen LogP contribution in [0.1, 0.15) is 31.2 Å². The van der Waals surface area contributed by atoms with Gasteiger partial charge in [-0.15, -0.1) is 0 Å². The fraction of sp³-hybridized carbons (Fsp3) is 0.552. The van der Waals surface area contributed by atoms with Gasteiger partial charge in [0.05, 0.1) is 56.0 Å². The Morgan fingerprint density at radius 3 is 2.58 bits per heavy atom. The molecule has 5 atom stereocenters. The quantitative estimate of drug-likeness (QED) is 0.491. The molecule has 3 aliphatic rings. The summed E-state index contributed by atoms with van der Waals surface area (Å²) in [6, 6.07) is 16.1. The van der Waals surface area contributed by atoms with Crippen molar-refractivity contribution < 1.29 is 32.5 Å². The summed E-state index contributed by atoms with van der Waals surface area (Å²) in [7, 11) is -2.39. The van der Waals surface area contributed by atoms with Gasteiger partial charge in [0.25, 0.3) is 0 Å². The van der Waals surface area contributed by atoms with Crippen LogP contribution in [0, 0.1) is 0 Å². The van der Waals surface area contributed by atoms with Crippen molar-refractivity contribution in [2.75, 3.05) is 40.0 Å². The minimum absolute atomic E-state index is 0.00747. The molecule has 1 amide bonds. The van der Waals surface area contributed by atoms with Crippen molar-refractivity contribution in [3.63, 3.8) is 0 Å².